The van der Waals surface area contributed by atoms with Gasteiger partial charge in [0.05, 0.1) is 6.42 Å². The average Bonchev–Trinajstić information content (AvgIpc) is 2.99. The molecule has 0 radical (unpaired) electrons. The second kappa shape index (κ2) is 7.62. The van der Waals surface area contributed by atoms with Crippen LogP contribution < -0.4 is 0 Å². The van der Waals surface area contributed by atoms with Gasteiger partial charge < -0.3 is 9.80 Å². The van der Waals surface area contributed by atoms with E-state index in [4.69, 9.17) is 0 Å². The third-order valence-electron chi connectivity index (χ3n) is 5.06. The minimum Gasteiger partial charge on any atom is -0.341 e. The first kappa shape index (κ1) is 16.0. The number of benzene rings is 1. The molecule has 0 unspecified atom stereocenters. The highest BCUT2D eigenvalue weighted by Gasteiger charge is 2.29. The predicted molar refractivity (Wildman–Crippen MR) is 89.9 cm³/mol. The van der Waals surface area contributed by atoms with Crippen molar-refractivity contribution in [2.45, 2.75) is 38.5 Å². The molecule has 1 aliphatic heterocycles. The largest absolute Gasteiger partial charge is 0.341 e. The summed E-state index contributed by atoms with van der Waals surface area (Å²) < 4.78 is 0. The van der Waals surface area contributed by atoms with Gasteiger partial charge in [0.15, 0.2) is 0 Å². The molecule has 1 aromatic carbocycles. The first-order valence-corrected chi connectivity index (χ1v) is 8.84. The maximum Gasteiger partial charge on any atom is 0.227 e. The summed E-state index contributed by atoms with van der Waals surface area (Å²) in [6.45, 7) is 2.92. The summed E-state index contributed by atoms with van der Waals surface area (Å²) in [6, 6.07) is 9.88. The van der Waals surface area contributed by atoms with Crippen molar-refractivity contribution in [3.63, 3.8) is 0 Å². The molecule has 3 rings (SSSR count). The molecule has 2 fully saturated rings. The van der Waals surface area contributed by atoms with E-state index in [0.29, 0.717) is 25.4 Å². The molecule has 0 bridgehead atoms. The molecule has 0 aromatic heterocycles. The molecule has 2 aliphatic rings. The normalized spacial score (nSPS) is 19.7. The van der Waals surface area contributed by atoms with E-state index in [1.165, 1.54) is 12.8 Å². The number of rotatable bonds is 3. The van der Waals surface area contributed by atoms with Crippen LogP contribution >= 0.6 is 0 Å². The number of hydrogen-bond acceptors (Lipinski definition) is 2. The van der Waals surface area contributed by atoms with Crippen molar-refractivity contribution in [2.24, 2.45) is 5.92 Å². The molecule has 124 valence electrons. The Morgan fingerprint density at radius 2 is 1.52 bits per heavy atom. The molecule has 1 saturated heterocycles. The number of carbonyl (C=O) groups is 2. The van der Waals surface area contributed by atoms with Crippen LogP contribution in [0.3, 0.4) is 0 Å². The lowest BCUT2D eigenvalue weighted by atomic mass is 10.1. The Morgan fingerprint density at radius 3 is 2.26 bits per heavy atom. The maximum absolute atomic E-state index is 12.5. The molecular formula is C19H26N2O2. The summed E-state index contributed by atoms with van der Waals surface area (Å²) in [7, 11) is 0. The van der Waals surface area contributed by atoms with E-state index in [1.54, 1.807) is 0 Å². The van der Waals surface area contributed by atoms with Crippen molar-refractivity contribution in [2.75, 3.05) is 26.2 Å². The van der Waals surface area contributed by atoms with Gasteiger partial charge in [-0.25, -0.2) is 0 Å². The Bertz CT molecular complexity index is 538. The first-order chi connectivity index (χ1) is 11.2. The molecule has 23 heavy (non-hydrogen) atoms. The van der Waals surface area contributed by atoms with E-state index in [9.17, 15) is 9.59 Å². The van der Waals surface area contributed by atoms with Gasteiger partial charge in [0.25, 0.3) is 0 Å². The Morgan fingerprint density at radius 1 is 0.870 bits per heavy atom. The van der Waals surface area contributed by atoms with Crippen molar-refractivity contribution in [1.82, 2.24) is 9.80 Å². The molecule has 1 aliphatic carbocycles. The minimum absolute atomic E-state index is 0.173. The Hall–Kier alpha value is -1.84. The number of nitrogens with zero attached hydrogens (tertiary/aromatic N) is 2. The number of amides is 2. The molecule has 1 aromatic rings. The fourth-order valence-electron chi connectivity index (χ4n) is 3.70. The average molecular weight is 314 g/mol. The molecule has 1 saturated carbocycles. The zero-order valence-electron chi connectivity index (χ0n) is 13.7. The van der Waals surface area contributed by atoms with Crippen molar-refractivity contribution in [3.05, 3.63) is 35.9 Å². The maximum atomic E-state index is 12.5. The number of carbonyl (C=O) groups excluding carboxylic acids is 2. The van der Waals surface area contributed by atoms with Gasteiger partial charge in [-0.1, -0.05) is 43.2 Å². The summed E-state index contributed by atoms with van der Waals surface area (Å²) in [6.07, 6.45) is 5.81. The van der Waals surface area contributed by atoms with E-state index >= 15 is 0 Å². The molecule has 0 N–H and O–H groups in total. The third kappa shape index (κ3) is 4.12. The van der Waals surface area contributed by atoms with E-state index in [2.05, 4.69) is 0 Å². The minimum atomic E-state index is 0.173. The van der Waals surface area contributed by atoms with Crippen LogP contribution in [0.2, 0.25) is 0 Å². The van der Waals surface area contributed by atoms with Crippen LogP contribution in [0.15, 0.2) is 30.3 Å². The van der Waals surface area contributed by atoms with Crippen LogP contribution in [0.1, 0.15) is 37.7 Å². The van der Waals surface area contributed by atoms with E-state index < -0.39 is 0 Å². The smallest absolute Gasteiger partial charge is 0.227 e. The van der Waals surface area contributed by atoms with Crippen LogP contribution in [-0.4, -0.2) is 47.8 Å². The lowest BCUT2D eigenvalue weighted by Gasteiger charge is -2.24. The first-order valence-electron chi connectivity index (χ1n) is 8.84. The standard InChI is InChI=1S/C19H26N2O2/c22-18(15-16-7-2-1-3-8-16)20-11-6-12-21(14-13-20)19(23)17-9-4-5-10-17/h1-3,7-8,17H,4-6,9-15H2. The highest BCUT2D eigenvalue weighted by Crippen LogP contribution is 2.27. The molecule has 0 atom stereocenters. The lowest BCUT2D eigenvalue weighted by molar-refractivity contribution is -0.136. The SMILES string of the molecule is O=C(Cc1ccccc1)N1CCCN(C(=O)C2CCCC2)CC1. The highest BCUT2D eigenvalue weighted by atomic mass is 16.2. The van der Waals surface area contributed by atoms with Gasteiger partial charge in [0, 0.05) is 32.1 Å². The van der Waals surface area contributed by atoms with Crippen molar-refractivity contribution < 1.29 is 9.59 Å². The van der Waals surface area contributed by atoms with Crippen LogP contribution in [0.5, 0.6) is 0 Å². The quantitative estimate of drug-likeness (QED) is 0.860. The second-order valence-electron chi connectivity index (χ2n) is 6.70. The Labute approximate surface area is 138 Å². The monoisotopic (exact) mass is 314 g/mol. The van der Waals surface area contributed by atoms with Crippen molar-refractivity contribution in [3.8, 4) is 0 Å². The fraction of sp³-hybridized carbons (Fsp3) is 0.579. The summed E-state index contributed by atoms with van der Waals surface area (Å²) >= 11 is 0. The molecule has 4 heteroatoms. The van der Waals surface area contributed by atoms with Crippen molar-refractivity contribution in [1.29, 1.82) is 0 Å². The fourth-order valence-corrected chi connectivity index (χ4v) is 3.70. The molecular weight excluding hydrogens is 288 g/mol. The Kier molecular flexibility index (Phi) is 5.31. The van der Waals surface area contributed by atoms with Gasteiger partial charge in [0.2, 0.25) is 11.8 Å². The van der Waals surface area contributed by atoms with Crippen LogP contribution in [-0.2, 0) is 16.0 Å². The summed E-state index contributed by atoms with van der Waals surface area (Å²) in [5.41, 5.74) is 1.06. The second-order valence-corrected chi connectivity index (χ2v) is 6.70. The van der Waals surface area contributed by atoms with Crippen LogP contribution in [0.25, 0.3) is 0 Å². The third-order valence-corrected chi connectivity index (χ3v) is 5.06. The van der Waals surface area contributed by atoms with E-state index in [-0.39, 0.29) is 11.8 Å². The Balaban J connectivity index is 1.53. The van der Waals surface area contributed by atoms with Gasteiger partial charge in [-0.15, -0.1) is 0 Å². The molecule has 2 amide bonds. The van der Waals surface area contributed by atoms with Crippen LogP contribution in [0, 0.1) is 5.92 Å². The highest BCUT2D eigenvalue weighted by molar-refractivity contribution is 5.80. The van der Waals surface area contributed by atoms with Crippen molar-refractivity contribution >= 4 is 11.8 Å². The van der Waals surface area contributed by atoms with Gasteiger partial charge in [0.1, 0.15) is 0 Å². The molecule has 4 nitrogen and oxygen atoms in total. The zero-order chi connectivity index (χ0) is 16.1. The van der Waals surface area contributed by atoms with Gasteiger partial charge in [-0.2, -0.15) is 0 Å². The zero-order valence-corrected chi connectivity index (χ0v) is 13.7. The molecule has 0 spiro atoms. The summed E-state index contributed by atoms with van der Waals surface area (Å²) in [4.78, 5) is 28.9. The number of hydrogen-bond donors (Lipinski definition) is 0. The van der Waals surface area contributed by atoms with Gasteiger partial charge in [-0.3, -0.25) is 9.59 Å². The van der Waals surface area contributed by atoms with E-state index in [1.807, 2.05) is 40.1 Å². The molecule has 1 heterocycles. The predicted octanol–water partition coefficient (Wildman–Crippen LogP) is 2.48. The van der Waals surface area contributed by atoms with Crippen LogP contribution in [0.4, 0.5) is 0 Å². The lowest BCUT2D eigenvalue weighted by Crippen LogP contribution is -2.39. The topological polar surface area (TPSA) is 40.6 Å². The van der Waals surface area contributed by atoms with Gasteiger partial charge in [-0.05, 0) is 24.8 Å². The summed E-state index contributed by atoms with van der Waals surface area (Å²) in [5.74, 6) is 0.729. The van der Waals surface area contributed by atoms with E-state index in [0.717, 1.165) is 37.9 Å². The van der Waals surface area contributed by atoms with Gasteiger partial charge >= 0.3 is 0 Å². The summed E-state index contributed by atoms with van der Waals surface area (Å²) in [5, 5.41) is 0.